The molecule has 0 bridgehead atoms. The molecule has 256 valence electrons. The molecule has 1 fully saturated rings. The Kier molecular flexibility index (Phi) is 10.4. The third kappa shape index (κ3) is 7.45. The zero-order valence-electron chi connectivity index (χ0n) is 27.7. The van der Waals surface area contributed by atoms with Crippen LogP contribution >= 0.6 is 0 Å². The number of rotatable bonds is 9. The van der Waals surface area contributed by atoms with E-state index in [9.17, 15) is 27.6 Å². The Labute approximate surface area is 279 Å². The summed E-state index contributed by atoms with van der Waals surface area (Å²) in [6, 6.07) is 17.5. The second-order valence-corrected chi connectivity index (χ2v) is 12.9. The molecule has 1 saturated carbocycles. The summed E-state index contributed by atoms with van der Waals surface area (Å²) in [6.45, 7) is 6.79. The van der Waals surface area contributed by atoms with Gasteiger partial charge in [0, 0.05) is 30.7 Å². The van der Waals surface area contributed by atoms with Gasteiger partial charge in [0.05, 0.1) is 16.8 Å². The van der Waals surface area contributed by atoms with Crippen molar-refractivity contribution in [1.29, 1.82) is 0 Å². The van der Waals surface area contributed by atoms with Gasteiger partial charge in [-0.1, -0.05) is 79.4 Å². The highest BCUT2D eigenvalue weighted by molar-refractivity contribution is 6.05. The lowest BCUT2D eigenvalue weighted by Crippen LogP contribution is -2.54. The van der Waals surface area contributed by atoms with Crippen molar-refractivity contribution in [3.05, 3.63) is 94.5 Å². The van der Waals surface area contributed by atoms with E-state index in [-0.39, 0.29) is 43.2 Å². The Balaban J connectivity index is 1.52. The molecule has 0 aromatic heterocycles. The van der Waals surface area contributed by atoms with E-state index in [2.05, 4.69) is 5.32 Å². The van der Waals surface area contributed by atoms with Crippen LogP contribution in [-0.2, 0) is 27.9 Å². The molecule has 3 aromatic carbocycles. The lowest BCUT2D eigenvalue weighted by Gasteiger charge is -2.42. The minimum Gasteiger partial charge on any atom is -0.471 e. The van der Waals surface area contributed by atoms with Crippen LogP contribution in [0, 0.1) is 6.92 Å². The van der Waals surface area contributed by atoms with Crippen LogP contribution in [0.15, 0.2) is 66.7 Å². The van der Waals surface area contributed by atoms with Crippen LogP contribution in [-0.4, -0.2) is 48.0 Å². The van der Waals surface area contributed by atoms with Gasteiger partial charge in [0.15, 0.2) is 0 Å². The molecule has 8 nitrogen and oxygen atoms in total. The fourth-order valence-corrected chi connectivity index (χ4v) is 6.61. The Morgan fingerprint density at radius 3 is 2.40 bits per heavy atom. The van der Waals surface area contributed by atoms with E-state index in [4.69, 9.17) is 9.47 Å². The van der Waals surface area contributed by atoms with Crippen LogP contribution in [0.4, 0.5) is 23.7 Å². The molecule has 0 saturated heterocycles. The van der Waals surface area contributed by atoms with E-state index in [0.29, 0.717) is 18.4 Å². The van der Waals surface area contributed by atoms with Gasteiger partial charge in [-0.25, -0.2) is 4.79 Å². The third-order valence-electron chi connectivity index (χ3n) is 9.04. The number of carbonyl (C=O) groups excluding carboxylic acids is 3. The van der Waals surface area contributed by atoms with Crippen LogP contribution in [0.1, 0.15) is 85.5 Å². The van der Waals surface area contributed by atoms with Crippen molar-refractivity contribution in [1.82, 2.24) is 10.2 Å². The number of hydrogen-bond acceptors (Lipinski definition) is 5. The smallest absolute Gasteiger partial charge is 0.417 e. The summed E-state index contributed by atoms with van der Waals surface area (Å²) >= 11 is 0. The highest BCUT2D eigenvalue weighted by Gasteiger charge is 2.48. The summed E-state index contributed by atoms with van der Waals surface area (Å²) in [5.41, 5.74) is -1.26. The lowest BCUT2D eigenvalue weighted by atomic mass is 9.89. The maximum Gasteiger partial charge on any atom is 0.417 e. The number of nitrogens with zero attached hydrogens (tertiary/aromatic N) is 2. The zero-order chi connectivity index (χ0) is 34.6. The first kappa shape index (κ1) is 34.8. The molecular formula is C37H42F3N3O5. The summed E-state index contributed by atoms with van der Waals surface area (Å²) < 4.78 is 55.7. The minimum absolute atomic E-state index is 0.0216. The van der Waals surface area contributed by atoms with Gasteiger partial charge in [-0.05, 0) is 58.2 Å². The number of hydrogen-bond donors (Lipinski definition) is 1. The largest absolute Gasteiger partial charge is 0.471 e. The van der Waals surface area contributed by atoms with E-state index in [1.165, 1.54) is 11.8 Å². The monoisotopic (exact) mass is 665 g/mol. The Bertz CT molecular complexity index is 1640. The maximum atomic E-state index is 14.7. The summed E-state index contributed by atoms with van der Waals surface area (Å²) in [7, 11) is 0. The first-order valence-electron chi connectivity index (χ1n) is 16.4. The summed E-state index contributed by atoms with van der Waals surface area (Å²) in [5.74, 6) is -1.48. The molecule has 1 atom stereocenters. The number of halogens is 3. The highest BCUT2D eigenvalue weighted by Crippen LogP contribution is 2.47. The van der Waals surface area contributed by atoms with Crippen molar-refractivity contribution in [2.45, 2.75) is 90.3 Å². The summed E-state index contributed by atoms with van der Waals surface area (Å²) in [6.07, 6.45) is -1.36. The number of benzene rings is 3. The second kappa shape index (κ2) is 14.3. The van der Waals surface area contributed by atoms with Gasteiger partial charge in [-0.2, -0.15) is 13.2 Å². The predicted molar refractivity (Wildman–Crippen MR) is 176 cm³/mol. The van der Waals surface area contributed by atoms with Crippen LogP contribution in [0.25, 0.3) is 0 Å². The Morgan fingerprint density at radius 1 is 1.04 bits per heavy atom. The number of amides is 3. The molecule has 1 aliphatic carbocycles. The van der Waals surface area contributed by atoms with Gasteiger partial charge in [0.2, 0.25) is 5.60 Å². The number of nitrogens with one attached hydrogen (secondary N) is 1. The fraction of sp³-hybridized carbons (Fsp3) is 0.432. The molecule has 1 N–H and O–H groups in total. The molecule has 0 radical (unpaired) electrons. The number of alkyl carbamates (subject to hydrolysis) is 1. The van der Waals surface area contributed by atoms with E-state index >= 15 is 0 Å². The summed E-state index contributed by atoms with van der Waals surface area (Å²) in [5, 5.41) is 2.63. The van der Waals surface area contributed by atoms with Crippen molar-refractivity contribution < 1.29 is 37.0 Å². The average Bonchev–Trinajstić information content (AvgIpc) is 3.05. The molecule has 0 spiro atoms. The van der Waals surface area contributed by atoms with E-state index < -0.39 is 40.8 Å². The van der Waals surface area contributed by atoms with Gasteiger partial charge in [0.1, 0.15) is 12.4 Å². The van der Waals surface area contributed by atoms with Crippen molar-refractivity contribution >= 4 is 23.6 Å². The third-order valence-corrected chi connectivity index (χ3v) is 9.04. The number of anilines is 1. The molecule has 48 heavy (non-hydrogen) atoms. The van der Waals surface area contributed by atoms with Crippen molar-refractivity contribution in [3.8, 4) is 5.75 Å². The number of aryl methyl sites for hydroxylation is 1. The van der Waals surface area contributed by atoms with Gasteiger partial charge in [0.25, 0.3) is 11.8 Å². The van der Waals surface area contributed by atoms with Crippen LogP contribution in [0.5, 0.6) is 5.75 Å². The summed E-state index contributed by atoms with van der Waals surface area (Å²) in [4.78, 5) is 43.8. The molecule has 1 heterocycles. The average molecular weight is 666 g/mol. The SMILES string of the molecule is Cc1cccc(C2(C)Oc3cc(C(F)(F)F)c(C(=O)N(C(C)C)C4CCCCC4)cc3N(CCNC(=O)OCc3ccccc3)C2=O)c1. The second-order valence-electron chi connectivity index (χ2n) is 12.9. The normalized spacial score (nSPS) is 18.2. The first-order valence-corrected chi connectivity index (χ1v) is 16.4. The van der Waals surface area contributed by atoms with Crippen LogP contribution < -0.4 is 15.0 Å². The molecule has 11 heteroatoms. The van der Waals surface area contributed by atoms with Crippen LogP contribution in [0.3, 0.4) is 0 Å². The molecule has 3 aromatic rings. The molecule has 5 rings (SSSR count). The van der Waals surface area contributed by atoms with Crippen molar-refractivity contribution in [3.63, 3.8) is 0 Å². The molecule has 1 aliphatic heterocycles. The number of fused-ring (bicyclic) bond motifs is 1. The fourth-order valence-electron chi connectivity index (χ4n) is 6.61. The predicted octanol–water partition coefficient (Wildman–Crippen LogP) is 7.76. The van der Waals surface area contributed by atoms with E-state index in [1.807, 2.05) is 43.3 Å². The Hall–Kier alpha value is -4.54. The van der Waals surface area contributed by atoms with Crippen molar-refractivity contribution in [2.75, 3.05) is 18.0 Å². The topological polar surface area (TPSA) is 88.2 Å². The maximum absolute atomic E-state index is 14.7. The highest BCUT2D eigenvalue weighted by atomic mass is 19.4. The number of alkyl halides is 3. The molecule has 1 unspecified atom stereocenters. The number of ether oxygens (including phenoxy) is 2. The number of carbonyl (C=O) groups is 3. The van der Waals surface area contributed by atoms with E-state index in [0.717, 1.165) is 42.5 Å². The molecule has 2 aliphatic rings. The lowest BCUT2D eigenvalue weighted by molar-refractivity contribution is -0.138. The zero-order valence-corrected chi connectivity index (χ0v) is 27.7. The van der Waals surface area contributed by atoms with Crippen LogP contribution in [0.2, 0.25) is 0 Å². The van der Waals surface area contributed by atoms with Gasteiger partial charge in [-0.15, -0.1) is 0 Å². The minimum atomic E-state index is -4.88. The standard InChI is InChI=1S/C37H42F3N3O5/c1-24(2)43(28-16-9-6-10-17-28)33(44)29-21-31-32(22-30(29)37(38,39)40)48-36(4,27-15-11-12-25(3)20-27)34(45)42(31)19-18-41-35(46)47-23-26-13-7-5-8-14-26/h5,7-8,11-15,20-22,24,28H,6,9-10,16-19,23H2,1-4H3,(H,41,46). The van der Waals surface area contributed by atoms with Gasteiger partial charge < -0.3 is 24.6 Å². The van der Waals surface area contributed by atoms with Gasteiger partial charge in [-0.3, -0.25) is 9.59 Å². The van der Waals surface area contributed by atoms with Gasteiger partial charge >= 0.3 is 12.3 Å². The van der Waals surface area contributed by atoms with Crippen molar-refractivity contribution in [2.24, 2.45) is 0 Å². The van der Waals surface area contributed by atoms with E-state index in [1.54, 1.807) is 36.9 Å². The first-order chi connectivity index (χ1) is 22.8. The molecule has 3 amide bonds. The Morgan fingerprint density at radius 2 is 1.75 bits per heavy atom. The quantitative estimate of drug-likeness (QED) is 0.253. The molecular weight excluding hydrogens is 623 g/mol.